The Bertz CT molecular complexity index is 540. The molecule has 0 aliphatic carbocycles. The van der Waals surface area contributed by atoms with Gasteiger partial charge in [-0.2, -0.15) is 0 Å². The van der Waals surface area contributed by atoms with Gasteiger partial charge >= 0.3 is 0 Å². The highest BCUT2D eigenvalue weighted by Crippen LogP contribution is 2.23. The van der Waals surface area contributed by atoms with Crippen molar-refractivity contribution >= 4 is 5.69 Å². The molecule has 0 spiro atoms. The van der Waals surface area contributed by atoms with Crippen molar-refractivity contribution in [2.45, 2.75) is 19.3 Å². The number of aryl methyl sites for hydroxylation is 1. The Morgan fingerprint density at radius 2 is 1.81 bits per heavy atom. The highest BCUT2D eigenvalue weighted by Gasteiger charge is 2.02. The fourth-order valence-electron chi connectivity index (χ4n) is 2.28. The summed E-state index contributed by atoms with van der Waals surface area (Å²) < 4.78 is 5.78. The number of ether oxygens (including phenoxy) is 1. The van der Waals surface area contributed by atoms with E-state index < -0.39 is 0 Å². The Kier molecular flexibility index (Phi) is 6.10. The first kappa shape index (κ1) is 15.4. The molecule has 2 rings (SSSR count). The molecule has 0 saturated carbocycles. The second-order valence-corrected chi connectivity index (χ2v) is 5.16. The Balaban J connectivity index is 1.83. The Hall–Kier alpha value is -2.00. The number of nitrogen functional groups attached to an aromatic ring is 1. The van der Waals surface area contributed by atoms with Crippen molar-refractivity contribution in [2.24, 2.45) is 0 Å². The van der Waals surface area contributed by atoms with Gasteiger partial charge in [-0.3, -0.25) is 0 Å². The van der Waals surface area contributed by atoms with Gasteiger partial charge in [-0.25, -0.2) is 0 Å². The Morgan fingerprint density at radius 3 is 2.52 bits per heavy atom. The van der Waals surface area contributed by atoms with Crippen LogP contribution in [0.3, 0.4) is 0 Å². The lowest BCUT2D eigenvalue weighted by Gasteiger charge is -2.10. The third-order valence-electron chi connectivity index (χ3n) is 3.46. The van der Waals surface area contributed by atoms with Gasteiger partial charge in [-0.1, -0.05) is 36.4 Å². The van der Waals surface area contributed by atoms with Gasteiger partial charge in [0.15, 0.2) is 0 Å². The zero-order chi connectivity index (χ0) is 14.9. The van der Waals surface area contributed by atoms with Crippen molar-refractivity contribution in [1.29, 1.82) is 0 Å². The molecule has 0 saturated heterocycles. The number of hydrogen-bond acceptors (Lipinski definition) is 3. The standard InChI is InChI=1S/C18H24N2O/c1-20-12-5-8-16-9-10-18(17(19)14-16)21-13-11-15-6-3-2-4-7-15/h2-4,6-7,9-10,14,20H,5,8,11-13,19H2,1H3. The maximum Gasteiger partial charge on any atom is 0.142 e. The molecule has 0 aliphatic heterocycles. The molecule has 0 fully saturated rings. The molecule has 2 aromatic carbocycles. The molecule has 0 heterocycles. The molecule has 0 amide bonds. The second-order valence-electron chi connectivity index (χ2n) is 5.16. The van der Waals surface area contributed by atoms with E-state index in [0.29, 0.717) is 6.61 Å². The first-order valence-corrected chi connectivity index (χ1v) is 7.49. The highest BCUT2D eigenvalue weighted by atomic mass is 16.5. The van der Waals surface area contributed by atoms with Crippen molar-refractivity contribution in [3.8, 4) is 5.75 Å². The molecule has 3 heteroatoms. The summed E-state index contributed by atoms with van der Waals surface area (Å²) in [5.41, 5.74) is 9.33. The van der Waals surface area contributed by atoms with Crippen LogP contribution in [0.2, 0.25) is 0 Å². The van der Waals surface area contributed by atoms with E-state index >= 15 is 0 Å². The summed E-state index contributed by atoms with van der Waals surface area (Å²) in [4.78, 5) is 0. The minimum atomic E-state index is 0.646. The molecule has 0 aliphatic rings. The maximum absolute atomic E-state index is 6.06. The summed E-state index contributed by atoms with van der Waals surface area (Å²) in [6, 6.07) is 16.4. The average Bonchev–Trinajstić information content (AvgIpc) is 2.51. The predicted molar refractivity (Wildman–Crippen MR) is 88.7 cm³/mol. The van der Waals surface area contributed by atoms with Gasteiger partial charge in [0.25, 0.3) is 0 Å². The lowest BCUT2D eigenvalue weighted by molar-refractivity contribution is 0.323. The largest absolute Gasteiger partial charge is 0.491 e. The fraction of sp³-hybridized carbons (Fsp3) is 0.333. The van der Waals surface area contributed by atoms with Crippen LogP contribution in [0, 0.1) is 0 Å². The predicted octanol–water partition coefficient (Wildman–Crippen LogP) is 3.04. The van der Waals surface area contributed by atoms with Crippen LogP contribution >= 0.6 is 0 Å². The summed E-state index contributed by atoms with van der Waals surface area (Å²) in [6.07, 6.45) is 3.05. The Labute approximate surface area is 127 Å². The smallest absolute Gasteiger partial charge is 0.142 e. The van der Waals surface area contributed by atoms with E-state index in [2.05, 4.69) is 23.5 Å². The number of rotatable bonds is 8. The molecule has 21 heavy (non-hydrogen) atoms. The molecule has 0 unspecified atom stereocenters. The third kappa shape index (κ3) is 5.12. The zero-order valence-corrected chi connectivity index (χ0v) is 12.6. The van der Waals surface area contributed by atoms with E-state index in [1.165, 1.54) is 11.1 Å². The van der Waals surface area contributed by atoms with Crippen LogP contribution in [0.1, 0.15) is 17.5 Å². The molecule has 2 aromatic rings. The summed E-state index contributed by atoms with van der Waals surface area (Å²) in [7, 11) is 1.97. The number of hydrogen-bond donors (Lipinski definition) is 2. The van der Waals surface area contributed by atoms with E-state index in [1.807, 2.05) is 37.4 Å². The van der Waals surface area contributed by atoms with Crippen LogP contribution in [-0.2, 0) is 12.8 Å². The Morgan fingerprint density at radius 1 is 1.00 bits per heavy atom. The van der Waals surface area contributed by atoms with E-state index in [9.17, 15) is 0 Å². The summed E-state index contributed by atoms with van der Waals surface area (Å²) in [6.45, 7) is 1.67. The molecule has 3 nitrogen and oxygen atoms in total. The minimum Gasteiger partial charge on any atom is -0.491 e. The molecular weight excluding hydrogens is 260 g/mol. The monoisotopic (exact) mass is 284 g/mol. The van der Waals surface area contributed by atoms with Gasteiger partial charge in [0.05, 0.1) is 12.3 Å². The summed E-state index contributed by atoms with van der Waals surface area (Å²) >= 11 is 0. The molecule has 0 atom stereocenters. The van der Waals surface area contributed by atoms with Crippen LogP contribution in [0.5, 0.6) is 5.75 Å². The van der Waals surface area contributed by atoms with E-state index in [4.69, 9.17) is 10.5 Å². The number of anilines is 1. The van der Waals surface area contributed by atoms with Crippen molar-refractivity contribution in [3.63, 3.8) is 0 Å². The third-order valence-corrected chi connectivity index (χ3v) is 3.46. The van der Waals surface area contributed by atoms with Gasteiger partial charge in [-0.15, -0.1) is 0 Å². The highest BCUT2D eigenvalue weighted by molar-refractivity contribution is 5.54. The van der Waals surface area contributed by atoms with Crippen LogP contribution in [0.15, 0.2) is 48.5 Å². The van der Waals surface area contributed by atoms with E-state index in [-0.39, 0.29) is 0 Å². The van der Waals surface area contributed by atoms with Crippen molar-refractivity contribution < 1.29 is 4.74 Å². The molecule has 3 N–H and O–H groups in total. The number of nitrogens with two attached hydrogens (primary N) is 1. The molecule has 0 aromatic heterocycles. The van der Waals surface area contributed by atoms with Crippen LogP contribution in [0.4, 0.5) is 5.69 Å². The second kappa shape index (κ2) is 8.32. The van der Waals surface area contributed by atoms with E-state index in [0.717, 1.165) is 37.2 Å². The molecule has 0 radical (unpaired) electrons. The van der Waals surface area contributed by atoms with Crippen molar-refractivity contribution in [2.75, 3.05) is 25.9 Å². The van der Waals surface area contributed by atoms with E-state index in [1.54, 1.807) is 0 Å². The topological polar surface area (TPSA) is 47.3 Å². The first-order valence-electron chi connectivity index (χ1n) is 7.49. The minimum absolute atomic E-state index is 0.646. The van der Waals surface area contributed by atoms with Crippen molar-refractivity contribution in [1.82, 2.24) is 5.32 Å². The summed E-state index contributed by atoms with van der Waals surface area (Å²) in [5, 5.41) is 3.15. The number of nitrogens with one attached hydrogen (secondary N) is 1. The van der Waals surface area contributed by atoms with Gasteiger partial charge < -0.3 is 15.8 Å². The van der Waals surface area contributed by atoms with Crippen LogP contribution in [0.25, 0.3) is 0 Å². The van der Waals surface area contributed by atoms with Gasteiger partial charge in [0.2, 0.25) is 0 Å². The fourth-order valence-corrected chi connectivity index (χ4v) is 2.28. The zero-order valence-electron chi connectivity index (χ0n) is 12.6. The molecule has 0 bridgehead atoms. The first-order chi connectivity index (χ1) is 10.3. The van der Waals surface area contributed by atoms with Gasteiger partial charge in [-0.05, 0) is 49.7 Å². The SMILES string of the molecule is CNCCCc1ccc(OCCc2ccccc2)c(N)c1. The number of benzene rings is 2. The molecule has 112 valence electrons. The maximum atomic E-state index is 6.06. The lowest BCUT2D eigenvalue weighted by Crippen LogP contribution is -2.08. The summed E-state index contributed by atoms with van der Waals surface area (Å²) in [5.74, 6) is 0.781. The molecular formula is C18H24N2O. The normalized spacial score (nSPS) is 10.5. The lowest BCUT2D eigenvalue weighted by atomic mass is 10.1. The van der Waals surface area contributed by atoms with Crippen LogP contribution < -0.4 is 15.8 Å². The van der Waals surface area contributed by atoms with Gasteiger partial charge in [0.1, 0.15) is 5.75 Å². The van der Waals surface area contributed by atoms with Crippen LogP contribution in [-0.4, -0.2) is 20.2 Å². The quantitative estimate of drug-likeness (QED) is 0.578. The van der Waals surface area contributed by atoms with Gasteiger partial charge in [0, 0.05) is 6.42 Å². The van der Waals surface area contributed by atoms with Crippen molar-refractivity contribution in [3.05, 3.63) is 59.7 Å². The average molecular weight is 284 g/mol.